The highest BCUT2D eigenvalue weighted by Crippen LogP contribution is 2.08. The number of aromatic amines is 2. The van der Waals surface area contributed by atoms with Crippen LogP contribution >= 0.6 is 0 Å². The molecule has 4 N–H and O–H groups in total. The van der Waals surface area contributed by atoms with Crippen LogP contribution in [0.4, 0.5) is 0 Å². The van der Waals surface area contributed by atoms with Gasteiger partial charge in [-0.1, -0.05) is 13.8 Å². The fraction of sp³-hybridized carbons (Fsp3) is 0.583. The molecular formula is C12H19N5O2. The summed E-state index contributed by atoms with van der Waals surface area (Å²) in [6.45, 7) is 5.09. The van der Waals surface area contributed by atoms with Crippen LogP contribution in [-0.4, -0.2) is 26.1 Å². The lowest BCUT2D eigenvalue weighted by Crippen LogP contribution is -2.31. The number of nitrogens with zero attached hydrogens (tertiary/aromatic N) is 2. The maximum Gasteiger partial charge on any atom is 0.330 e. The number of hydrogen-bond donors (Lipinski definition) is 3. The monoisotopic (exact) mass is 265 g/mol. The number of H-pyrrole nitrogens is 2. The second-order valence-electron chi connectivity index (χ2n) is 5.04. The van der Waals surface area contributed by atoms with E-state index < -0.39 is 11.2 Å². The molecule has 0 aliphatic rings. The van der Waals surface area contributed by atoms with Gasteiger partial charge in [0.15, 0.2) is 5.65 Å². The number of nitrogens with one attached hydrogen (secondary N) is 2. The Morgan fingerprint density at radius 1 is 1.32 bits per heavy atom. The zero-order valence-corrected chi connectivity index (χ0v) is 11.2. The Morgan fingerprint density at radius 3 is 2.68 bits per heavy atom. The topological polar surface area (TPSA) is 110 Å². The molecule has 0 saturated heterocycles. The van der Waals surface area contributed by atoms with Crippen LogP contribution in [0.2, 0.25) is 0 Å². The lowest BCUT2D eigenvalue weighted by Gasteiger charge is -2.07. The molecule has 0 saturated carbocycles. The average Bonchev–Trinajstić information content (AvgIpc) is 2.76. The smallest absolute Gasteiger partial charge is 0.330 e. The van der Waals surface area contributed by atoms with Gasteiger partial charge in [-0.15, -0.1) is 0 Å². The quantitative estimate of drug-likeness (QED) is 0.704. The molecule has 0 amide bonds. The van der Waals surface area contributed by atoms with Gasteiger partial charge in [0.05, 0.1) is 0 Å². The largest absolute Gasteiger partial charge is 0.336 e. The summed E-state index contributed by atoms with van der Waals surface area (Å²) in [7, 11) is 0. The zero-order chi connectivity index (χ0) is 14.0. The van der Waals surface area contributed by atoms with Gasteiger partial charge in [0.25, 0.3) is 5.56 Å². The highest BCUT2D eigenvalue weighted by molar-refractivity contribution is 5.69. The summed E-state index contributed by atoms with van der Waals surface area (Å²) in [5.74, 6) is 0.977. The molecule has 0 bridgehead atoms. The Bertz CT molecular complexity index is 679. The summed E-state index contributed by atoms with van der Waals surface area (Å²) in [4.78, 5) is 33.2. The number of aryl methyl sites for hydroxylation is 1. The molecule has 7 nitrogen and oxygen atoms in total. The standard InChI is InChI=1S/C12H19N5O2/c1-7(2)6-17-10-9(11(18)16-12(17)19)14-8(15-10)4-3-5-13/h7H,3-6,13H2,1-2H3,(H,14,15)(H,16,18,19). The van der Waals surface area contributed by atoms with Crippen molar-refractivity contribution in [3.8, 4) is 0 Å². The van der Waals surface area contributed by atoms with E-state index >= 15 is 0 Å². The van der Waals surface area contributed by atoms with E-state index in [0.29, 0.717) is 36.5 Å². The first-order valence-corrected chi connectivity index (χ1v) is 6.44. The molecule has 19 heavy (non-hydrogen) atoms. The molecule has 0 aromatic carbocycles. The van der Waals surface area contributed by atoms with E-state index in [2.05, 4.69) is 15.0 Å². The number of fused-ring (bicyclic) bond motifs is 1. The van der Waals surface area contributed by atoms with E-state index in [0.717, 1.165) is 6.42 Å². The molecule has 0 aliphatic carbocycles. The maximum atomic E-state index is 11.8. The molecule has 0 fully saturated rings. The number of nitrogens with two attached hydrogens (primary N) is 1. The number of aromatic nitrogens is 4. The van der Waals surface area contributed by atoms with Crippen LogP contribution in [0.15, 0.2) is 9.59 Å². The Hall–Kier alpha value is -1.89. The van der Waals surface area contributed by atoms with Gasteiger partial charge in [0.1, 0.15) is 11.3 Å². The summed E-state index contributed by atoms with van der Waals surface area (Å²) in [6.07, 6.45) is 1.45. The molecular weight excluding hydrogens is 246 g/mol. The molecule has 0 atom stereocenters. The fourth-order valence-electron chi connectivity index (χ4n) is 2.01. The van der Waals surface area contributed by atoms with Crippen molar-refractivity contribution < 1.29 is 0 Å². The highest BCUT2D eigenvalue weighted by Gasteiger charge is 2.13. The lowest BCUT2D eigenvalue weighted by molar-refractivity contribution is 0.513. The number of imidazole rings is 1. The molecule has 2 aromatic rings. The zero-order valence-electron chi connectivity index (χ0n) is 11.2. The van der Waals surface area contributed by atoms with Crippen LogP contribution in [0.25, 0.3) is 11.2 Å². The van der Waals surface area contributed by atoms with E-state index in [1.807, 2.05) is 13.8 Å². The van der Waals surface area contributed by atoms with Crippen LogP contribution in [0.1, 0.15) is 26.1 Å². The van der Waals surface area contributed by atoms with Crippen LogP contribution < -0.4 is 17.0 Å². The molecule has 2 heterocycles. The second-order valence-corrected chi connectivity index (χ2v) is 5.04. The Kier molecular flexibility index (Phi) is 3.84. The third-order valence-electron chi connectivity index (χ3n) is 2.85. The maximum absolute atomic E-state index is 11.8. The van der Waals surface area contributed by atoms with Crippen LogP contribution in [0.5, 0.6) is 0 Å². The van der Waals surface area contributed by atoms with E-state index in [4.69, 9.17) is 5.73 Å². The molecule has 0 unspecified atom stereocenters. The Balaban J connectivity index is 2.57. The van der Waals surface area contributed by atoms with Crippen LogP contribution in [0.3, 0.4) is 0 Å². The first-order chi connectivity index (χ1) is 9.02. The van der Waals surface area contributed by atoms with Crippen molar-refractivity contribution in [3.63, 3.8) is 0 Å². The summed E-state index contributed by atoms with van der Waals surface area (Å²) >= 11 is 0. The average molecular weight is 265 g/mol. The summed E-state index contributed by atoms with van der Waals surface area (Å²) in [6, 6.07) is 0. The van der Waals surface area contributed by atoms with Gasteiger partial charge in [-0.2, -0.15) is 0 Å². The minimum atomic E-state index is -0.425. The van der Waals surface area contributed by atoms with Crippen molar-refractivity contribution in [2.45, 2.75) is 33.2 Å². The van der Waals surface area contributed by atoms with Crippen molar-refractivity contribution >= 4 is 11.2 Å². The molecule has 0 radical (unpaired) electrons. The van der Waals surface area contributed by atoms with E-state index in [-0.39, 0.29) is 5.92 Å². The predicted molar refractivity (Wildman–Crippen MR) is 73.2 cm³/mol. The molecule has 0 aliphatic heterocycles. The Labute approximate surface area is 109 Å². The summed E-state index contributed by atoms with van der Waals surface area (Å²) in [5.41, 5.74) is 5.40. The molecule has 7 heteroatoms. The number of rotatable bonds is 5. The number of hydrogen-bond acceptors (Lipinski definition) is 4. The van der Waals surface area contributed by atoms with Crippen molar-refractivity contribution in [2.24, 2.45) is 11.7 Å². The van der Waals surface area contributed by atoms with Gasteiger partial charge in [0, 0.05) is 13.0 Å². The fourth-order valence-corrected chi connectivity index (χ4v) is 2.01. The van der Waals surface area contributed by atoms with E-state index in [1.54, 1.807) is 0 Å². The molecule has 2 aromatic heterocycles. The van der Waals surface area contributed by atoms with Gasteiger partial charge in [-0.05, 0) is 18.9 Å². The van der Waals surface area contributed by atoms with Gasteiger partial charge >= 0.3 is 5.69 Å². The molecule has 104 valence electrons. The van der Waals surface area contributed by atoms with Gasteiger partial charge < -0.3 is 10.7 Å². The second kappa shape index (κ2) is 5.40. The van der Waals surface area contributed by atoms with Crippen LogP contribution in [0, 0.1) is 5.92 Å². The molecule has 2 rings (SSSR count). The summed E-state index contributed by atoms with van der Waals surface area (Å²) < 4.78 is 1.50. The van der Waals surface area contributed by atoms with Crippen molar-refractivity contribution in [2.75, 3.05) is 6.54 Å². The minimum Gasteiger partial charge on any atom is -0.336 e. The first kappa shape index (κ1) is 13.5. The normalized spacial score (nSPS) is 11.6. The first-order valence-electron chi connectivity index (χ1n) is 6.44. The van der Waals surface area contributed by atoms with Crippen molar-refractivity contribution in [3.05, 3.63) is 26.7 Å². The third-order valence-corrected chi connectivity index (χ3v) is 2.85. The summed E-state index contributed by atoms with van der Waals surface area (Å²) in [5, 5.41) is 0. The molecule has 0 spiro atoms. The Morgan fingerprint density at radius 2 is 2.05 bits per heavy atom. The van der Waals surface area contributed by atoms with Gasteiger partial charge in [-0.25, -0.2) is 9.78 Å². The predicted octanol–water partition coefficient (Wildman–Crippen LogP) is -0.0398. The van der Waals surface area contributed by atoms with E-state index in [9.17, 15) is 9.59 Å². The van der Waals surface area contributed by atoms with Gasteiger partial charge in [-0.3, -0.25) is 14.3 Å². The third kappa shape index (κ3) is 2.76. The SMILES string of the molecule is CC(C)Cn1c(=O)[nH]c(=O)c2[nH]c(CCCN)nc21. The van der Waals surface area contributed by atoms with Crippen molar-refractivity contribution in [1.29, 1.82) is 0 Å². The van der Waals surface area contributed by atoms with Crippen molar-refractivity contribution in [1.82, 2.24) is 19.5 Å². The lowest BCUT2D eigenvalue weighted by atomic mass is 10.2. The van der Waals surface area contributed by atoms with E-state index in [1.165, 1.54) is 4.57 Å². The highest BCUT2D eigenvalue weighted by atomic mass is 16.2. The minimum absolute atomic E-state index is 0.288. The van der Waals surface area contributed by atoms with Crippen LogP contribution in [-0.2, 0) is 13.0 Å². The van der Waals surface area contributed by atoms with Gasteiger partial charge in [0.2, 0.25) is 0 Å².